The van der Waals surface area contributed by atoms with Crippen molar-refractivity contribution in [2.75, 3.05) is 19.7 Å². The number of carbonyl (C=O) groups is 1. The second-order valence-corrected chi connectivity index (χ2v) is 4.64. The monoisotopic (exact) mass is 245 g/mol. The summed E-state index contributed by atoms with van der Waals surface area (Å²) in [6.45, 7) is 6.49. The maximum absolute atomic E-state index is 11.4. The van der Waals surface area contributed by atoms with Crippen LogP contribution in [-0.4, -0.2) is 30.5 Å². The molecule has 0 aliphatic carbocycles. The molecular formula is C15H19NO2. The predicted molar refractivity (Wildman–Crippen MR) is 71.0 cm³/mol. The van der Waals surface area contributed by atoms with Crippen molar-refractivity contribution in [2.24, 2.45) is 5.92 Å². The molecule has 0 N–H and O–H groups in total. The Kier molecular flexibility index (Phi) is 4.53. The Bertz CT molecular complexity index is 402. The highest BCUT2D eigenvalue weighted by Crippen LogP contribution is 2.17. The molecular weight excluding hydrogens is 226 g/mol. The molecule has 1 atom stereocenters. The van der Waals surface area contributed by atoms with Gasteiger partial charge in [0.15, 0.2) is 0 Å². The van der Waals surface area contributed by atoms with Gasteiger partial charge in [0, 0.05) is 19.0 Å². The molecule has 18 heavy (non-hydrogen) atoms. The molecule has 1 saturated heterocycles. The van der Waals surface area contributed by atoms with Gasteiger partial charge in [0.2, 0.25) is 5.91 Å². The van der Waals surface area contributed by atoms with Gasteiger partial charge in [-0.25, -0.2) is 0 Å². The van der Waals surface area contributed by atoms with Crippen LogP contribution in [0.1, 0.15) is 12.0 Å². The van der Waals surface area contributed by atoms with Crippen LogP contribution in [0.3, 0.4) is 0 Å². The van der Waals surface area contributed by atoms with Crippen molar-refractivity contribution in [3.8, 4) is 0 Å². The lowest BCUT2D eigenvalue weighted by molar-refractivity contribution is -0.125. The summed E-state index contributed by atoms with van der Waals surface area (Å²) in [6.07, 6.45) is 2.40. The Labute approximate surface area is 108 Å². The van der Waals surface area contributed by atoms with E-state index in [9.17, 15) is 4.79 Å². The molecule has 0 saturated carbocycles. The fourth-order valence-electron chi connectivity index (χ4n) is 2.22. The third-order valence-electron chi connectivity index (χ3n) is 3.24. The summed E-state index contributed by atoms with van der Waals surface area (Å²) in [7, 11) is 0. The molecule has 96 valence electrons. The van der Waals surface area contributed by atoms with Gasteiger partial charge in [-0.1, -0.05) is 36.9 Å². The zero-order valence-electron chi connectivity index (χ0n) is 10.5. The first-order valence-corrected chi connectivity index (χ1v) is 6.32. The molecule has 0 bridgehead atoms. The van der Waals surface area contributed by atoms with Crippen LogP contribution in [0, 0.1) is 5.92 Å². The third-order valence-corrected chi connectivity index (χ3v) is 3.24. The minimum Gasteiger partial charge on any atom is -0.376 e. The summed E-state index contributed by atoms with van der Waals surface area (Å²) in [6, 6.07) is 10.1. The van der Waals surface area contributed by atoms with E-state index in [1.165, 1.54) is 11.6 Å². The van der Waals surface area contributed by atoms with Crippen LogP contribution in [-0.2, 0) is 16.1 Å². The van der Waals surface area contributed by atoms with Crippen molar-refractivity contribution in [3.05, 3.63) is 48.6 Å². The molecule has 1 aromatic rings. The summed E-state index contributed by atoms with van der Waals surface area (Å²) in [5.41, 5.74) is 1.19. The first kappa shape index (κ1) is 12.8. The Morgan fingerprint density at radius 1 is 1.44 bits per heavy atom. The molecule has 1 amide bonds. The Morgan fingerprint density at radius 3 is 2.94 bits per heavy atom. The lowest BCUT2D eigenvalue weighted by Crippen LogP contribution is -2.27. The van der Waals surface area contributed by atoms with Crippen LogP contribution in [0.4, 0.5) is 0 Å². The molecule has 1 aromatic carbocycles. The molecule has 1 unspecified atom stereocenters. The van der Waals surface area contributed by atoms with Crippen LogP contribution in [0.2, 0.25) is 0 Å². The van der Waals surface area contributed by atoms with Crippen LogP contribution < -0.4 is 0 Å². The number of ether oxygens (including phenoxy) is 1. The van der Waals surface area contributed by atoms with Gasteiger partial charge in [0.25, 0.3) is 0 Å². The Hall–Kier alpha value is -1.61. The average Bonchev–Trinajstić information content (AvgIpc) is 2.88. The summed E-state index contributed by atoms with van der Waals surface area (Å²) in [5, 5.41) is 0. The van der Waals surface area contributed by atoms with Gasteiger partial charge < -0.3 is 9.64 Å². The Morgan fingerprint density at radius 2 is 2.22 bits per heavy atom. The SMILES string of the molecule is C=CC(=O)N1CCC(COCc2ccccc2)C1. The van der Waals surface area contributed by atoms with Crippen molar-refractivity contribution in [2.45, 2.75) is 13.0 Å². The van der Waals surface area contributed by atoms with E-state index in [2.05, 4.69) is 18.7 Å². The minimum atomic E-state index is 0.0283. The van der Waals surface area contributed by atoms with Gasteiger partial charge in [-0.15, -0.1) is 0 Å². The van der Waals surface area contributed by atoms with E-state index < -0.39 is 0 Å². The fourth-order valence-corrected chi connectivity index (χ4v) is 2.22. The molecule has 3 heteroatoms. The number of nitrogens with zero attached hydrogens (tertiary/aromatic N) is 1. The second kappa shape index (κ2) is 6.36. The normalized spacial score (nSPS) is 18.9. The highest BCUT2D eigenvalue weighted by atomic mass is 16.5. The van der Waals surface area contributed by atoms with Crippen molar-refractivity contribution in [3.63, 3.8) is 0 Å². The first-order chi connectivity index (χ1) is 8.79. The molecule has 0 aromatic heterocycles. The number of likely N-dealkylation sites (tertiary alicyclic amines) is 1. The summed E-state index contributed by atoms with van der Waals surface area (Å²) >= 11 is 0. The van der Waals surface area contributed by atoms with Crippen LogP contribution in [0.25, 0.3) is 0 Å². The largest absolute Gasteiger partial charge is 0.376 e. The van der Waals surface area contributed by atoms with E-state index in [1.54, 1.807) is 0 Å². The first-order valence-electron chi connectivity index (χ1n) is 6.32. The maximum atomic E-state index is 11.4. The number of amides is 1. The van der Waals surface area contributed by atoms with E-state index in [4.69, 9.17) is 4.74 Å². The second-order valence-electron chi connectivity index (χ2n) is 4.64. The van der Waals surface area contributed by atoms with Gasteiger partial charge in [-0.05, 0) is 18.1 Å². The highest BCUT2D eigenvalue weighted by molar-refractivity contribution is 5.87. The van der Waals surface area contributed by atoms with Gasteiger partial charge in [0.1, 0.15) is 0 Å². The van der Waals surface area contributed by atoms with Crippen LogP contribution in [0.5, 0.6) is 0 Å². The predicted octanol–water partition coefficient (Wildman–Crippen LogP) is 2.24. The molecule has 1 aliphatic heterocycles. The minimum absolute atomic E-state index is 0.0283. The average molecular weight is 245 g/mol. The van der Waals surface area contributed by atoms with Crippen molar-refractivity contribution in [1.82, 2.24) is 4.90 Å². The number of hydrogen-bond acceptors (Lipinski definition) is 2. The molecule has 1 aliphatic rings. The molecule has 1 heterocycles. The summed E-state index contributed by atoms with van der Waals surface area (Å²) in [4.78, 5) is 13.3. The van der Waals surface area contributed by atoms with Crippen molar-refractivity contribution < 1.29 is 9.53 Å². The lowest BCUT2D eigenvalue weighted by Gasteiger charge is -2.14. The fraction of sp³-hybridized carbons (Fsp3) is 0.400. The molecule has 2 rings (SSSR count). The summed E-state index contributed by atoms with van der Waals surface area (Å²) < 4.78 is 5.70. The number of hydrogen-bond donors (Lipinski definition) is 0. The van der Waals surface area contributed by atoms with Gasteiger partial charge in [-0.2, -0.15) is 0 Å². The smallest absolute Gasteiger partial charge is 0.245 e. The Balaban J connectivity index is 1.69. The molecule has 0 radical (unpaired) electrons. The van der Waals surface area contributed by atoms with E-state index in [-0.39, 0.29) is 5.91 Å². The quantitative estimate of drug-likeness (QED) is 0.745. The van der Waals surface area contributed by atoms with Crippen molar-refractivity contribution in [1.29, 1.82) is 0 Å². The van der Waals surface area contributed by atoms with Gasteiger partial charge in [-0.3, -0.25) is 4.79 Å². The number of carbonyl (C=O) groups excluding carboxylic acids is 1. The third kappa shape index (κ3) is 3.44. The molecule has 3 nitrogen and oxygen atoms in total. The van der Waals surface area contributed by atoms with E-state index >= 15 is 0 Å². The summed E-state index contributed by atoms with van der Waals surface area (Å²) in [5.74, 6) is 0.484. The maximum Gasteiger partial charge on any atom is 0.245 e. The number of rotatable bonds is 5. The molecule has 0 spiro atoms. The van der Waals surface area contributed by atoms with Gasteiger partial charge in [0.05, 0.1) is 13.2 Å². The van der Waals surface area contributed by atoms with Crippen molar-refractivity contribution >= 4 is 5.91 Å². The highest BCUT2D eigenvalue weighted by Gasteiger charge is 2.24. The van der Waals surface area contributed by atoms with Gasteiger partial charge >= 0.3 is 0 Å². The topological polar surface area (TPSA) is 29.5 Å². The lowest BCUT2D eigenvalue weighted by atomic mass is 10.1. The molecule has 1 fully saturated rings. The zero-order valence-corrected chi connectivity index (χ0v) is 10.5. The van der Waals surface area contributed by atoms with E-state index in [1.807, 2.05) is 23.1 Å². The zero-order chi connectivity index (χ0) is 12.8. The van der Waals surface area contributed by atoms with Crippen LogP contribution in [0.15, 0.2) is 43.0 Å². The van der Waals surface area contributed by atoms with E-state index in [0.717, 1.165) is 26.1 Å². The van der Waals surface area contributed by atoms with E-state index in [0.29, 0.717) is 12.5 Å². The number of benzene rings is 1. The van der Waals surface area contributed by atoms with Crippen LogP contribution >= 0.6 is 0 Å². The standard InChI is InChI=1S/C15H19NO2/c1-2-15(17)16-9-8-14(10-16)12-18-11-13-6-4-3-5-7-13/h2-7,14H,1,8-12H2.